The van der Waals surface area contributed by atoms with Crippen molar-refractivity contribution in [2.24, 2.45) is 0 Å². The van der Waals surface area contributed by atoms with Gasteiger partial charge in [0.05, 0.1) is 11.0 Å². The Hall–Kier alpha value is -2.69. The molecule has 1 atom stereocenters. The highest BCUT2D eigenvalue weighted by Gasteiger charge is 2.21. The summed E-state index contributed by atoms with van der Waals surface area (Å²) in [5, 5.41) is 11.0. The van der Waals surface area contributed by atoms with E-state index in [0.29, 0.717) is 11.1 Å². The molecule has 2 aromatic carbocycles. The summed E-state index contributed by atoms with van der Waals surface area (Å²) in [5.41, 5.74) is 3.01. The monoisotopic (exact) mass is 312 g/mol. The van der Waals surface area contributed by atoms with Crippen LogP contribution in [0.2, 0.25) is 0 Å². The fourth-order valence-electron chi connectivity index (χ4n) is 2.39. The van der Waals surface area contributed by atoms with E-state index in [0.717, 1.165) is 11.1 Å². The number of hydrogen-bond donors (Lipinski definition) is 0. The number of carbonyl (C=O) groups is 1. The first-order chi connectivity index (χ1) is 10.8. The Bertz CT molecular complexity index is 738. The molecular formula is C18H20N2O3. The van der Waals surface area contributed by atoms with Crippen molar-refractivity contribution in [3.05, 3.63) is 74.8 Å². The molecule has 1 amide bonds. The van der Waals surface area contributed by atoms with Gasteiger partial charge in [0.2, 0.25) is 0 Å². The van der Waals surface area contributed by atoms with Gasteiger partial charge in [-0.3, -0.25) is 14.9 Å². The maximum atomic E-state index is 12.6. The number of amides is 1. The third-order valence-electron chi connectivity index (χ3n) is 4.11. The standard InChI is InChI=1S/C18H20N2O3/c1-12-5-8-15(9-6-12)14(3)19(4)18(21)16-10-7-13(2)17(11-16)20(22)23/h5-11,14H,1-4H3. The van der Waals surface area contributed by atoms with E-state index in [4.69, 9.17) is 0 Å². The van der Waals surface area contributed by atoms with Crippen molar-refractivity contribution in [2.75, 3.05) is 7.05 Å². The molecule has 0 spiro atoms. The van der Waals surface area contributed by atoms with Gasteiger partial charge in [-0.15, -0.1) is 0 Å². The van der Waals surface area contributed by atoms with Crippen molar-refractivity contribution >= 4 is 11.6 Å². The second-order valence-corrected chi connectivity index (χ2v) is 5.76. The summed E-state index contributed by atoms with van der Waals surface area (Å²) < 4.78 is 0. The molecule has 0 aliphatic rings. The Balaban J connectivity index is 2.27. The van der Waals surface area contributed by atoms with Gasteiger partial charge < -0.3 is 4.90 Å². The molecule has 0 radical (unpaired) electrons. The molecule has 5 heteroatoms. The Morgan fingerprint density at radius 1 is 1.13 bits per heavy atom. The van der Waals surface area contributed by atoms with Crippen LogP contribution in [0.4, 0.5) is 5.69 Å². The van der Waals surface area contributed by atoms with Crippen molar-refractivity contribution in [3.8, 4) is 0 Å². The number of hydrogen-bond acceptors (Lipinski definition) is 3. The van der Waals surface area contributed by atoms with Crippen LogP contribution in [-0.4, -0.2) is 22.8 Å². The highest BCUT2D eigenvalue weighted by Crippen LogP contribution is 2.24. The van der Waals surface area contributed by atoms with E-state index in [1.807, 2.05) is 38.1 Å². The molecule has 0 bridgehead atoms. The zero-order valence-corrected chi connectivity index (χ0v) is 13.7. The molecule has 2 aromatic rings. The summed E-state index contributed by atoms with van der Waals surface area (Å²) in [6.45, 7) is 5.60. The van der Waals surface area contributed by atoms with E-state index in [1.165, 1.54) is 6.07 Å². The van der Waals surface area contributed by atoms with Gasteiger partial charge in [0.1, 0.15) is 0 Å². The van der Waals surface area contributed by atoms with Gasteiger partial charge >= 0.3 is 0 Å². The lowest BCUT2D eigenvalue weighted by atomic mass is 10.0. The maximum absolute atomic E-state index is 12.6. The first kappa shape index (κ1) is 16.7. The highest BCUT2D eigenvalue weighted by molar-refractivity contribution is 5.95. The Morgan fingerprint density at radius 2 is 1.74 bits per heavy atom. The predicted molar refractivity (Wildman–Crippen MR) is 89.5 cm³/mol. The second kappa shape index (κ2) is 6.60. The van der Waals surface area contributed by atoms with E-state index in [9.17, 15) is 14.9 Å². The van der Waals surface area contributed by atoms with Crippen molar-refractivity contribution < 1.29 is 9.72 Å². The van der Waals surface area contributed by atoms with Crippen LogP contribution < -0.4 is 0 Å². The lowest BCUT2D eigenvalue weighted by Gasteiger charge is -2.25. The third-order valence-corrected chi connectivity index (χ3v) is 4.11. The van der Waals surface area contributed by atoms with Crippen LogP contribution >= 0.6 is 0 Å². The van der Waals surface area contributed by atoms with Gasteiger partial charge in [-0.05, 0) is 32.4 Å². The lowest BCUT2D eigenvalue weighted by Crippen LogP contribution is -2.29. The van der Waals surface area contributed by atoms with Gasteiger partial charge in [0.25, 0.3) is 11.6 Å². The number of benzene rings is 2. The largest absolute Gasteiger partial charge is 0.335 e. The van der Waals surface area contributed by atoms with E-state index < -0.39 is 4.92 Å². The van der Waals surface area contributed by atoms with Crippen LogP contribution in [0.25, 0.3) is 0 Å². The summed E-state index contributed by atoms with van der Waals surface area (Å²) in [6.07, 6.45) is 0. The average molecular weight is 312 g/mol. The SMILES string of the molecule is Cc1ccc(C(C)N(C)C(=O)c2ccc(C)c([N+](=O)[O-])c2)cc1. The summed E-state index contributed by atoms with van der Waals surface area (Å²) in [6, 6.07) is 12.4. The quantitative estimate of drug-likeness (QED) is 0.632. The van der Waals surface area contributed by atoms with Gasteiger partial charge in [-0.1, -0.05) is 35.9 Å². The number of aryl methyl sites for hydroxylation is 2. The molecule has 2 rings (SSSR count). The zero-order valence-electron chi connectivity index (χ0n) is 13.7. The average Bonchev–Trinajstić information content (AvgIpc) is 2.53. The number of rotatable bonds is 4. The van der Waals surface area contributed by atoms with Crippen molar-refractivity contribution in [3.63, 3.8) is 0 Å². The minimum absolute atomic E-state index is 0.0350. The summed E-state index contributed by atoms with van der Waals surface area (Å²) in [5.74, 6) is -0.235. The third kappa shape index (κ3) is 3.56. The normalized spacial score (nSPS) is 11.8. The van der Waals surface area contributed by atoms with Crippen LogP contribution in [0.3, 0.4) is 0 Å². The first-order valence-electron chi connectivity index (χ1n) is 7.40. The zero-order chi connectivity index (χ0) is 17.1. The molecule has 0 saturated carbocycles. The molecule has 120 valence electrons. The smallest absolute Gasteiger partial charge is 0.273 e. The van der Waals surface area contributed by atoms with Crippen LogP contribution in [0, 0.1) is 24.0 Å². The molecule has 0 saturated heterocycles. The van der Waals surface area contributed by atoms with Gasteiger partial charge in [0.15, 0.2) is 0 Å². The van der Waals surface area contributed by atoms with Gasteiger partial charge in [0, 0.05) is 24.2 Å². The van der Waals surface area contributed by atoms with Gasteiger partial charge in [-0.25, -0.2) is 0 Å². The van der Waals surface area contributed by atoms with Crippen LogP contribution in [0.5, 0.6) is 0 Å². The Morgan fingerprint density at radius 3 is 2.30 bits per heavy atom. The molecule has 0 heterocycles. The van der Waals surface area contributed by atoms with Crippen molar-refractivity contribution in [2.45, 2.75) is 26.8 Å². The maximum Gasteiger partial charge on any atom is 0.273 e. The van der Waals surface area contributed by atoms with E-state index >= 15 is 0 Å². The Kier molecular flexibility index (Phi) is 4.79. The molecule has 1 unspecified atom stereocenters. The molecule has 0 aliphatic heterocycles. The number of nitro benzene ring substituents is 1. The predicted octanol–water partition coefficient (Wildman–Crippen LogP) is 4.04. The lowest BCUT2D eigenvalue weighted by molar-refractivity contribution is -0.385. The molecule has 0 aromatic heterocycles. The van der Waals surface area contributed by atoms with Crippen LogP contribution in [0.1, 0.15) is 40.0 Å². The molecule has 23 heavy (non-hydrogen) atoms. The second-order valence-electron chi connectivity index (χ2n) is 5.76. The van der Waals surface area contributed by atoms with Crippen LogP contribution in [-0.2, 0) is 0 Å². The molecule has 5 nitrogen and oxygen atoms in total. The topological polar surface area (TPSA) is 63.5 Å². The van der Waals surface area contributed by atoms with Crippen LogP contribution in [0.15, 0.2) is 42.5 Å². The van der Waals surface area contributed by atoms with E-state index in [-0.39, 0.29) is 17.6 Å². The number of nitro groups is 1. The van der Waals surface area contributed by atoms with E-state index in [2.05, 4.69) is 0 Å². The fraction of sp³-hybridized carbons (Fsp3) is 0.278. The number of carbonyl (C=O) groups excluding carboxylic acids is 1. The van der Waals surface area contributed by atoms with E-state index in [1.54, 1.807) is 31.0 Å². The molecular weight excluding hydrogens is 292 g/mol. The Labute approximate surface area is 135 Å². The molecule has 0 fully saturated rings. The molecule has 0 N–H and O–H groups in total. The first-order valence-corrected chi connectivity index (χ1v) is 7.40. The van der Waals surface area contributed by atoms with Gasteiger partial charge in [-0.2, -0.15) is 0 Å². The number of nitrogens with zero attached hydrogens (tertiary/aromatic N) is 2. The summed E-state index contributed by atoms with van der Waals surface area (Å²) in [7, 11) is 1.71. The molecule has 0 aliphatic carbocycles. The summed E-state index contributed by atoms with van der Waals surface area (Å²) >= 11 is 0. The van der Waals surface area contributed by atoms with Crippen molar-refractivity contribution in [1.82, 2.24) is 4.90 Å². The highest BCUT2D eigenvalue weighted by atomic mass is 16.6. The minimum atomic E-state index is -0.463. The minimum Gasteiger partial charge on any atom is -0.335 e. The van der Waals surface area contributed by atoms with Crippen molar-refractivity contribution in [1.29, 1.82) is 0 Å². The summed E-state index contributed by atoms with van der Waals surface area (Å²) in [4.78, 5) is 24.8. The fourth-order valence-corrected chi connectivity index (χ4v) is 2.39.